The van der Waals surface area contributed by atoms with E-state index in [-0.39, 0.29) is 16.6 Å². The van der Waals surface area contributed by atoms with E-state index in [4.69, 9.17) is 4.74 Å². The van der Waals surface area contributed by atoms with E-state index in [9.17, 15) is 4.79 Å². The first-order valence-electron chi connectivity index (χ1n) is 5.39. The van der Waals surface area contributed by atoms with Gasteiger partial charge in [-0.3, -0.25) is 4.79 Å². The zero-order valence-electron chi connectivity index (χ0n) is 9.82. The van der Waals surface area contributed by atoms with Gasteiger partial charge in [0.05, 0.1) is 13.0 Å². The first-order chi connectivity index (χ1) is 7.55. The van der Waals surface area contributed by atoms with Gasteiger partial charge in [-0.2, -0.15) is 0 Å². The number of rotatable bonds is 3. The number of carbonyl (C=O) groups is 1. The van der Waals surface area contributed by atoms with Gasteiger partial charge in [-0.25, -0.2) is 0 Å². The van der Waals surface area contributed by atoms with Crippen LogP contribution in [0.4, 0.5) is 0 Å². The molecule has 2 nitrogen and oxygen atoms in total. The predicted octanol–water partition coefficient (Wildman–Crippen LogP) is 3.04. The van der Waals surface area contributed by atoms with Gasteiger partial charge in [-0.1, -0.05) is 17.7 Å². The average Bonchev–Trinajstić information content (AvgIpc) is 2.93. The number of benzene rings is 1. The van der Waals surface area contributed by atoms with E-state index in [0.29, 0.717) is 0 Å². The second-order valence-corrected chi connectivity index (χ2v) is 6.12. The van der Waals surface area contributed by atoms with Gasteiger partial charge in [0, 0.05) is 9.64 Å². The molecule has 0 radical (unpaired) electrons. The van der Waals surface area contributed by atoms with Crippen molar-refractivity contribution in [2.75, 3.05) is 7.11 Å². The van der Waals surface area contributed by atoms with E-state index in [1.165, 1.54) is 17.6 Å². The Labute approximate surface area is 100 Å². The Bertz CT molecular complexity index is 399. The van der Waals surface area contributed by atoms with Crippen molar-refractivity contribution in [3.05, 3.63) is 29.8 Å². The number of aryl methyl sites for hydroxylation is 1. The molecule has 1 fully saturated rings. The Morgan fingerprint density at radius 1 is 1.44 bits per heavy atom. The molecule has 0 N–H and O–H groups in total. The number of hydrogen-bond acceptors (Lipinski definition) is 3. The summed E-state index contributed by atoms with van der Waals surface area (Å²) in [6.07, 6.45) is 0.915. The maximum atomic E-state index is 11.4. The molecule has 2 rings (SSSR count). The SMILES string of the molecule is COC(=O)[C@H]1C[C@@]1(C)Sc1ccc(C)cc1. The molecule has 1 saturated carbocycles. The minimum absolute atomic E-state index is 0.0301. The molecule has 0 heterocycles. The van der Waals surface area contributed by atoms with E-state index >= 15 is 0 Å². The molecular formula is C13H16O2S. The average molecular weight is 236 g/mol. The highest BCUT2D eigenvalue weighted by molar-refractivity contribution is 8.01. The summed E-state index contributed by atoms with van der Waals surface area (Å²) in [5.41, 5.74) is 1.26. The van der Waals surface area contributed by atoms with Crippen LogP contribution in [0.15, 0.2) is 29.2 Å². The lowest BCUT2D eigenvalue weighted by Gasteiger charge is -2.10. The number of hydrogen-bond donors (Lipinski definition) is 0. The Kier molecular flexibility index (Phi) is 2.98. The number of ether oxygens (including phenoxy) is 1. The smallest absolute Gasteiger partial charge is 0.310 e. The standard InChI is InChI=1S/C13H16O2S/c1-9-4-6-10(7-5-9)16-13(2)8-11(13)12(14)15-3/h4-7,11H,8H2,1-3H3/t11-,13-/m1/s1. The summed E-state index contributed by atoms with van der Waals surface area (Å²) in [5.74, 6) is -0.0223. The maximum Gasteiger partial charge on any atom is 0.310 e. The van der Waals surface area contributed by atoms with Gasteiger partial charge >= 0.3 is 5.97 Å². The Hall–Kier alpha value is -0.960. The van der Waals surface area contributed by atoms with Crippen LogP contribution >= 0.6 is 11.8 Å². The first-order valence-corrected chi connectivity index (χ1v) is 6.20. The Balaban J connectivity index is 2.01. The van der Waals surface area contributed by atoms with E-state index in [2.05, 4.69) is 38.1 Å². The van der Waals surface area contributed by atoms with Gasteiger partial charge in [0.2, 0.25) is 0 Å². The highest BCUT2D eigenvalue weighted by Crippen LogP contribution is 2.56. The van der Waals surface area contributed by atoms with Crippen LogP contribution in [0.25, 0.3) is 0 Å². The summed E-state index contributed by atoms with van der Waals surface area (Å²) in [4.78, 5) is 12.6. The van der Waals surface area contributed by atoms with Gasteiger partial charge in [0.15, 0.2) is 0 Å². The molecule has 0 aliphatic heterocycles. The third-order valence-corrected chi connectivity index (χ3v) is 4.47. The topological polar surface area (TPSA) is 26.3 Å². The van der Waals surface area contributed by atoms with E-state index in [1.54, 1.807) is 11.8 Å². The van der Waals surface area contributed by atoms with Crippen LogP contribution in [0, 0.1) is 12.8 Å². The van der Waals surface area contributed by atoms with Crippen molar-refractivity contribution in [2.24, 2.45) is 5.92 Å². The monoisotopic (exact) mass is 236 g/mol. The quantitative estimate of drug-likeness (QED) is 0.755. The zero-order valence-corrected chi connectivity index (χ0v) is 10.6. The second-order valence-electron chi connectivity index (χ2n) is 4.51. The Morgan fingerprint density at radius 2 is 2.06 bits per heavy atom. The third-order valence-electron chi connectivity index (χ3n) is 3.04. The van der Waals surface area contributed by atoms with Crippen molar-refractivity contribution >= 4 is 17.7 Å². The molecule has 0 aromatic heterocycles. The minimum atomic E-state index is -0.0814. The molecule has 0 amide bonds. The number of methoxy groups -OCH3 is 1. The lowest BCUT2D eigenvalue weighted by molar-refractivity contribution is -0.142. The molecule has 0 unspecified atom stereocenters. The summed E-state index contributed by atoms with van der Waals surface area (Å²) in [6, 6.07) is 8.41. The van der Waals surface area contributed by atoms with Crippen LogP contribution in [0.5, 0.6) is 0 Å². The molecule has 1 aromatic rings. The van der Waals surface area contributed by atoms with Crippen LogP contribution in [-0.2, 0) is 9.53 Å². The first kappa shape index (κ1) is 11.5. The molecule has 1 aliphatic carbocycles. The lowest BCUT2D eigenvalue weighted by atomic mass is 10.2. The van der Waals surface area contributed by atoms with Crippen LogP contribution in [0.1, 0.15) is 18.9 Å². The summed E-state index contributed by atoms with van der Waals surface area (Å²) in [5, 5.41) is 0. The molecule has 16 heavy (non-hydrogen) atoms. The molecule has 2 atom stereocenters. The summed E-state index contributed by atoms with van der Waals surface area (Å²) >= 11 is 1.77. The van der Waals surface area contributed by atoms with Gasteiger partial charge in [-0.15, -0.1) is 11.8 Å². The van der Waals surface area contributed by atoms with Gasteiger partial charge in [-0.05, 0) is 32.4 Å². The molecular weight excluding hydrogens is 220 g/mol. The fourth-order valence-corrected chi connectivity index (χ4v) is 3.11. The molecule has 0 saturated heterocycles. The fraction of sp³-hybridized carbons (Fsp3) is 0.462. The van der Waals surface area contributed by atoms with Crippen molar-refractivity contribution in [1.82, 2.24) is 0 Å². The fourth-order valence-electron chi connectivity index (χ4n) is 1.81. The van der Waals surface area contributed by atoms with Gasteiger partial charge in [0.25, 0.3) is 0 Å². The van der Waals surface area contributed by atoms with Crippen molar-refractivity contribution in [3.8, 4) is 0 Å². The van der Waals surface area contributed by atoms with Crippen LogP contribution in [-0.4, -0.2) is 17.8 Å². The summed E-state index contributed by atoms with van der Waals surface area (Å²) < 4.78 is 4.80. The van der Waals surface area contributed by atoms with Crippen molar-refractivity contribution < 1.29 is 9.53 Å². The van der Waals surface area contributed by atoms with E-state index < -0.39 is 0 Å². The largest absolute Gasteiger partial charge is 0.469 e. The van der Waals surface area contributed by atoms with Crippen LogP contribution < -0.4 is 0 Å². The van der Waals surface area contributed by atoms with Crippen molar-refractivity contribution in [2.45, 2.75) is 29.9 Å². The van der Waals surface area contributed by atoms with Crippen LogP contribution in [0.3, 0.4) is 0 Å². The highest BCUT2D eigenvalue weighted by atomic mass is 32.2. The summed E-state index contributed by atoms with van der Waals surface area (Å²) in [6.45, 7) is 4.20. The molecule has 0 spiro atoms. The molecule has 1 aromatic carbocycles. The Morgan fingerprint density at radius 3 is 2.62 bits per heavy atom. The van der Waals surface area contributed by atoms with E-state index in [0.717, 1.165) is 6.42 Å². The van der Waals surface area contributed by atoms with Crippen molar-refractivity contribution in [3.63, 3.8) is 0 Å². The lowest BCUT2D eigenvalue weighted by Crippen LogP contribution is -2.11. The predicted molar refractivity (Wildman–Crippen MR) is 65.6 cm³/mol. The molecule has 1 aliphatic rings. The van der Waals surface area contributed by atoms with E-state index in [1.807, 2.05) is 0 Å². The summed E-state index contributed by atoms with van der Waals surface area (Å²) in [7, 11) is 1.46. The zero-order chi connectivity index (χ0) is 11.8. The normalized spacial score (nSPS) is 27.6. The number of esters is 1. The molecule has 3 heteroatoms. The number of thioether (sulfide) groups is 1. The molecule has 86 valence electrons. The highest BCUT2D eigenvalue weighted by Gasteiger charge is 2.56. The maximum absolute atomic E-state index is 11.4. The van der Waals surface area contributed by atoms with Gasteiger partial charge < -0.3 is 4.74 Å². The number of carbonyl (C=O) groups excluding carboxylic acids is 1. The van der Waals surface area contributed by atoms with Crippen molar-refractivity contribution in [1.29, 1.82) is 0 Å². The minimum Gasteiger partial charge on any atom is -0.469 e. The van der Waals surface area contributed by atoms with Crippen LogP contribution in [0.2, 0.25) is 0 Å². The molecule has 0 bridgehead atoms. The second kappa shape index (κ2) is 4.13. The van der Waals surface area contributed by atoms with Gasteiger partial charge in [0.1, 0.15) is 0 Å². The third kappa shape index (κ3) is 2.24.